The zero-order valence-electron chi connectivity index (χ0n) is 18.0. The van der Waals surface area contributed by atoms with Gasteiger partial charge in [-0.25, -0.2) is 17.2 Å². The molecule has 0 amide bonds. The zero-order chi connectivity index (χ0) is 24.0. The van der Waals surface area contributed by atoms with Crippen LogP contribution < -0.4 is 0 Å². The van der Waals surface area contributed by atoms with Gasteiger partial charge < -0.3 is 4.55 Å². The zero-order valence-corrected chi connectivity index (χ0v) is 19.7. The second kappa shape index (κ2) is 10.7. The molecule has 0 spiro atoms. The number of rotatable bonds is 4. The summed E-state index contributed by atoms with van der Waals surface area (Å²) in [7, 11) is -5.10. The fraction of sp³-hybridized carbons (Fsp3) is 0.0769. The molecular weight excluding hydrogens is 462 g/mol. The third kappa shape index (κ3) is 6.07. The molecule has 0 heterocycles. The largest absolute Gasteiger partial charge is 0.744 e. The Bertz CT molecular complexity index is 1250. The number of hydrogen-bond donors (Lipinski definition) is 0. The Morgan fingerprint density at radius 1 is 0.636 bits per heavy atom. The Balaban J connectivity index is 0.000000218. The van der Waals surface area contributed by atoms with Crippen LogP contribution in [-0.2, 0) is 21.0 Å². The molecule has 0 saturated carbocycles. The highest BCUT2D eigenvalue weighted by Crippen LogP contribution is 2.34. The van der Waals surface area contributed by atoms with Gasteiger partial charge in [0.25, 0.3) is 0 Å². The molecule has 0 N–H and O–H groups in total. The molecule has 0 fully saturated rings. The molecule has 4 aromatic carbocycles. The monoisotopic (exact) mass is 484 g/mol. The number of halogens is 2. The predicted octanol–water partition coefficient (Wildman–Crippen LogP) is 6.27. The molecular formula is C26H22F2O3S2. The maximum atomic E-state index is 12.5. The molecule has 0 bridgehead atoms. The van der Waals surface area contributed by atoms with E-state index in [1.165, 1.54) is 25.8 Å². The molecule has 0 radical (unpaired) electrons. The lowest BCUT2D eigenvalue weighted by Crippen LogP contribution is -2.08. The summed E-state index contributed by atoms with van der Waals surface area (Å²) in [5.41, 5.74) is 2.73. The lowest BCUT2D eigenvalue weighted by molar-refractivity contribution is 0.441. The van der Waals surface area contributed by atoms with Gasteiger partial charge in [0.2, 0.25) is 0 Å². The average Bonchev–Trinajstić information content (AvgIpc) is 2.77. The Morgan fingerprint density at radius 2 is 1.03 bits per heavy atom. The van der Waals surface area contributed by atoms with Crippen molar-refractivity contribution >= 4 is 21.0 Å². The summed E-state index contributed by atoms with van der Waals surface area (Å²) < 4.78 is 55.8. The molecule has 0 aliphatic rings. The molecule has 3 nitrogen and oxygen atoms in total. The summed E-state index contributed by atoms with van der Waals surface area (Å²) >= 11 is 0. The topological polar surface area (TPSA) is 57.2 Å². The molecule has 170 valence electrons. The molecule has 7 heteroatoms. The highest BCUT2D eigenvalue weighted by atomic mass is 32.2. The van der Waals surface area contributed by atoms with E-state index in [0.29, 0.717) is 12.1 Å². The van der Waals surface area contributed by atoms with Crippen LogP contribution in [0.5, 0.6) is 0 Å². The summed E-state index contributed by atoms with van der Waals surface area (Å²) in [5.74, 6) is -2.74. The Morgan fingerprint density at radius 3 is 1.39 bits per heavy atom. The maximum absolute atomic E-state index is 12.5. The van der Waals surface area contributed by atoms with Crippen molar-refractivity contribution in [3.63, 3.8) is 0 Å². The van der Waals surface area contributed by atoms with Crippen molar-refractivity contribution in [2.75, 3.05) is 0 Å². The Kier molecular flexibility index (Phi) is 8.02. The predicted molar refractivity (Wildman–Crippen MR) is 125 cm³/mol. The van der Waals surface area contributed by atoms with E-state index >= 15 is 0 Å². The van der Waals surface area contributed by atoms with Crippen molar-refractivity contribution < 1.29 is 21.8 Å². The fourth-order valence-corrected chi connectivity index (χ4v) is 6.32. The van der Waals surface area contributed by atoms with E-state index in [1.807, 2.05) is 0 Å². The van der Waals surface area contributed by atoms with Gasteiger partial charge >= 0.3 is 0 Å². The fourth-order valence-electron chi connectivity index (χ4n) is 3.33. The maximum Gasteiger partial charge on any atom is 0.172 e. The van der Waals surface area contributed by atoms with Crippen molar-refractivity contribution in [2.24, 2.45) is 0 Å². The van der Waals surface area contributed by atoms with Crippen molar-refractivity contribution in [1.82, 2.24) is 0 Å². The molecule has 0 atom stereocenters. The number of aryl methyl sites for hydroxylation is 2. The highest BCUT2D eigenvalue weighted by Gasteiger charge is 2.31. The van der Waals surface area contributed by atoms with Gasteiger partial charge in [-0.15, -0.1) is 0 Å². The molecule has 0 unspecified atom stereocenters. The quantitative estimate of drug-likeness (QED) is 0.253. The van der Waals surface area contributed by atoms with E-state index in [9.17, 15) is 21.8 Å². The van der Waals surface area contributed by atoms with Gasteiger partial charge in [0.05, 0.1) is 10.9 Å². The van der Waals surface area contributed by atoms with Crippen molar-refractivity contribution in [2.45, 2.75) is 33.4 Å². The van der Waals surface area contributed by atoms with Crippen LogP contribution in [0.3, 0.4) is 0 Å². The number of benzene rings is 4. The lowest BCUT2D eigenvalue weighted by Gasteiger charge is -2.12. The van der Waals surface area contributed by atoms with E-state index in [0.717, 1.165) is 6.07 Å². The van der Waals surface area contributed by atoms with E-state index in [1.54, 1.807) is 0 Å². The van der Waals surface area contributed by atoms with Gasteiger partial charge in [-0.2, -0.15) is 0 Å². The van der Waals surface area contributed by atoms with Gasteiger partial charge in [0.1, 0.15) is 26.6 Å². The van der Waals surface area contributed by atoms with Crippen LogP contribution in [0, 0.1) is 25.5 Å². The highest BCUT2D eigenvalue weighted by molar-refractivity contribution is 7.97. The van der Waals surface area contributed by atoms with Crippen LogP contribution in [-0.4, -0.2) is 13.0 Å². The van der Waals surface area contributed by atoms with E-state index in [4.69, 9.17) is 0 Å². The van der Waals surface area contributed by atoms with Crippen molar-refractivity contribution in [1.29, 1.82) is 0 Å². The molecule has 0 saturated heterocycles. The summed E-state index contributed by atoms with van der Waals surface area (Å²) in [6.45, 7) is 4.43. The van der Waals surface area contributed by atoms with Crippen molar-refractivity contribution in [3.05, 3.63) is 120 Å². The summed E-state index contributed by atoms with van der Waals surface area (Å²) in [6.07, 6.45) is 0. The summed E-state index contributed by atoms with van der Waals surface area (Å²) in [5, 5.41) is 0. The molecule has 4 aromatic rings. The van der Waals surface area contributed by atoms with Crippen LogP contribution in [0.4, 0.5) is 8.78 Å². The minimum atomic E-state index is -5.06. The van der Waals surface area contributed by atoms with Crippen LogP contribution in [0.2, 0.25) is 0 Å². The average molecular weight is 485 g/mol. The van der Waals surface area contributed by atoms with Gasteiger partial charge in [0.15, 0.2) is 14.7 Å². The molecule has 4 rings (SSSR count). The summed E-state index contributed by atoms with van der Waals surface area (Å²) in [4.78, 5) is 2.78. The molecule has 33 heavy (non-hydrogen) atoms. The van der Waals surface area contributed by atoms with E-state index < -0.39 is 26.6 Å². The number of hydrogen-bond acceptors (Lipinski definition) is 3. The summed E-state index contributed by atoms with van der Waals surface area (Å²) in [6, 6.07) is 30.6. The van der Waals surface area contributed by atoms with E-state index in [-0.39, 0.29) is 10.9 Å². The van der Waals surface area contributed by atoms with Crippen LogP contribution >= 0.6 is 0 Å². The first-order valence-corrected chi connectivity index (χ1v) is 12.6. The normalized spacial score (nSPS) is 11.1. The first kappa shape index (κ1) is 24.6. The third-order valence-electron chi connectivity index (χ3n) is 4.74. The minimum Gasteiger partial charge on any atom is -0.744 e. The Labute approximate surface area is 195 Å². The van der Waals surface area contributed by atoms with Crippen LogP contribution in [0.1, 0.15) is 11.1 Å². The van der Waals surface area contributed by atoms with Crippen LogP contribution in [0.25, 0.3) is 0 Å². The first-order chi connectivity index (χ1) is 15.7. The smallest absolute Gasteiger partial charge is 0.172 e. The molecule has 0 aromatic heterocycles. The molecule has 0 aliphatic heterocycles. The third-order valence-corrected chi connectivity index (χ3v) is 8.17. The Hall–Kier alpha value is -3.00. The van der Waals surface area contributed by atoms with Crippen molar-refractivity contribution in [3.8, 4) is 0 Å². The molecule has 0 aliphatic carbocycles. The second-order valence-corrected chi connectivity index (χ2v) is 10.4. The standard InChI is InChI=1S/C20H19S.C6H4F2O3S/c1-16-10-9-11-17(2)20(16)21(18-12-5-3-6-13-18)19-14-7-4-8-15-19;7-4-2-1-3-5(8)6(4)12(9,10)11/h3-15H,1-2H3;1-3H,(H,9,10,11)/q+1;/p-1. The van der Waals surface area contributed by atoms with Gasteiger partial charge in [-0.3, -0.25) is 0 Å². The first-order valence-electron chi connectivity index (χ1n) is 10.0. The lowest BCUT2D eigenvalue weighted by atomic mass is 10.2. The van der Waals surface area contributed by atoms with Gasteiger partial charge in [-0.1, -0.05) is 60.7 Å². The SMILES string of the molecule is Cc1cccc(C)c1[S+](c1ccccc1)c1ccccc1.O=S(=O)([O-])c1c(F)cccc1F. The second-order valence-electron chi connectivity index (χ2n) is 7.16. The van der Waals surface area contributed by atoms with Gasteiger partial charge in [-0.05, 0) is 50.2 Å². The van der Waals surface area contributed by atoms with Gasteiger partial charge in [0, 0.05) is 11.1 Å². The van der Waals surface area contributed by atoms with Crippen LogP contribution in [0.15, 0.2) is 117 Å². The van der Waals surface area contributed by atoms with E-state index in [2.05, 4.69) is 92.7 Å². The minimum absolute atomic E-state index is 0.0378.